The highest BCUT2D eigenvalue weighted by molar-refractivity contribution is 5.81. The lowest BCUT2D eigenvalue weighted by Gasteiger charge is -2.25. The fourth-order valence-electron chi connectivity index (χ4n) is 4.21. The standard InChI is InChI=1S/C22H37N5O2/c1-5-23-22(25-18-10-13-27(15-18)21(28)16(2)3)24-14-19(26-11-6-7-12-26)20-9-8-17(4)29-20/h8-9,16,18-19H,5-7,10-15H2,1-4H3,(H2,23,24,25). The Bertz CT molecular complexity index is 693. The number of carbonyl (C=O) groups excluding carboxylic acids is 1. The summed E-state index contributed by atoms with van der Waals surface area (Å²) in [6.07, 6.45) is 3.43. The Morgan fingerprint density at radius 1 is 1.28 bits per heavy atom. The molecule has 2 N–H and O–H groups in total. The van der Waals surface area contributed by atoms with Crippen LogP contribution in [0.25, 0.3) is 0 Å². The number of likely N-dealkylation sites (tertiary alicyclic amines) is 2. The van der Waals surface area contributed by atoms with Gasteiger partial charge in [0, 0.05) is 31.6 Å². The van der Waals surface area contributed by atoms with Gasteiger partial charge >= 0.3 is 0 Å². The number of nitrogens with one attached hydrogen (secondary N) is 2. The third-order valence-corrected chi connectivity index (χ3v) is 5.77. The third kappa shape index (κ3) is 5.75. The van der Waals surface area contributed by atoms with Crippen LogP contribution in [0.5, 0.6) is 0 Å². The van der Waals surface area contributed by atoms with Gasteiger partial charge in [-0.1, -0.05) is 13.8 Å². The van der Waals surface area contributed by atoms with Crippen molar-refractivity contribution in [2.24, 2.45) is 10.9 Å². The fourth-order valence-corrected chi connectivity index (χ4v) is 4.21. The van der Waals surface area contributed by atoms with Crippen LogP contribution in [0, 0.1) is 12.8 Å². The Balaban J connectivity index is 1.65. The summed E-state index contributed by atoms with van der Waals surface area (Å²) >= 11 is 0. The van der Waals surface area contributed by atoms with Crippen LogP contribution in [0.15, 0.2) is 21.5 Å². The van der Waals surface area contributed by atoms with Crippen LogP contribution in [0.4, 0.5) is 0 Å². The van der Waals surface area contributed by atoms with E-state index >= 15 is 0 Å². The molecule has 162 valence electrons. The van der Waals surface area contributed by atoms with Crippen molar-refractivity contribution in [2.75, 3.05) is 39.3 Å². The summed E-state index contributed by atoms with van der Waals surface area (Å²) in [6.45, 7) is 13.2. The summed E-state index contributed by atoms with van der Waals surface area (Å²) in [5.41, 5.74) is 0. The minimum absolute atomic E-state index is 0.0497. The molecule has 2 fully saturated rings. The Labute approximate surface area is 174 Å². The molecule has 0 radical (unpaired) electrons. The lowest BCUT2D eigenvalue weighted by Crippen LogP contribution is -2.45. The first-order valence-electron chi connectivity index (χ1n) is 11.1. The molecule has 2 unspecified atom stereocenters. The SMILES string of the molecule is CCNC(=NCC(c1ccc(C)o1)N1CCCC1)NC1CCN(C(=O)C(C)C)C1. The van der Waals surface area contributed by atoms with Crippen LogP contribution in [-0.2, 0) is 4.79 Å². The smallest absolute Gasteiger partial charge is 0.225 e. The lowest BCUT2D eigenvalue weighted by atomic mass is 10.2. The van der Waals surface area contributed by atoms with E-state index in [0.29, 0.717) is 6.54 Å². The first-order chi connectivity index (χ1) is 14.0. The second-order valence-corrected chi connectivity index (χ2v) is 8.50. The second kappa shape index (κ2) is 10.1. The summed E-state index contributed by atoms with van der Waals surface area (Å²) in [5, 5.41) is 6.90. The number of rotatable bonds is 7. The van der Waals surface area contributed by atoms with Gasteiger partial charge in [0.25, 0.3) is 0 Å². The number of carbonyl (C=O) groups is 1. The van der Waals surface area contributed by atoms with Gasteiger partial charge < -0.3 is 20.0 Å². The monoisotopic (exact) mass is 403 g/mol. The first kappa shape index (κ1) is 21.7. The molecule has 1 aromatic heterocycles. The number of hydrogen-bond acceptors (Lipinski definition) is 4. The molecule has 0 aromatic carbocycles. The highest BCUT2D eigenvalue weighted by atomic mass is 16.3. The molecule has 1 amide bonds. The zero-order valence-corrected chi connectivity index (χ0v) is 18.4. The zero-order valence-electron chi connectivity index (χ0n) is 18.4. The van der Waals surface area contributed by atoms with Crippen LogP contribution in [0.1, 0.15) is 57.6 Å². The van der Waals surface area contributed by atoms with Gasteiger partial charge in [-0.05, 0) is 58.3 Å². The minimum Gasteiger partial charge on any atom is -0.465 e. The molecule has 0 aliphatic carbocycles. The molecule has 0 saturated carbocycles. The van der Waals surface area contributed by atoms with Crippen LogP contribution >= 0.6 is 0 Å². The predicted molar refractivity (Wildman–Crippen MR) is 116 cm³/mol. The van der Waals surface area contributed by atoms with Gasteiger partial charge in [-0.3, -0.25) is 14.7 Å². The van der Waals surface area contributed by atoms with E-state index in [-0.39, 0.29) is 23.9 Å². The van der Waals surface area contributed by atoms with E-state index in [0.717, 1.165) is 56.6 Å². The Hall–Kier alpha value is -2.02. The van der Waals surface area contributed by atoms with E-state index in [1.54, 1.807) is 0 Å². The molecular weight excluding hydrogens is 366 g/mol. The maximum atomic E-state index is 12.3. The molecule has 3 heterocycles. The van der Waals surface area contributed by atoms with E-state index < -0.39 is 0 Å². The van der Waals surface area contributed by atoms with E-state index in [4.69, 9.17) is 9.41 Å². The van der Waals surface area contributed by atoms with Crippen molar-refractivity contribution in [1.29, 1.82) is 0 Å². The lowest BCUT2D eigenvalue weighted by molar-refractivity contribution is -0.133. The van der Waals surface area contributed by atoms with Gasteiger partial charge in [0.05, 0.1) is 12.6 Å². The number of guanidine groups is 1. The maximum absolute atomic E-state index is 12.3. The van der Waals surface area contributed by atoms with Crippen LogP contribution < -0.4 is 10.6 Å². The molecule has 2 aliphatic heterocycles. The summed E-state index contributed by atoms with van der Waals surface area (Å²) in [7, 11) is 0. The number of amides is 1. The van der Waals surface area contributed by atoms with E-state index in [1.165, 1.54) is 12.8 Å². The van der Waals surface area contributed by atoms with Gasteiger partial charge in [0.1, 0.15) is 11.5 Å². The average Bonchev–Trinajstić information content (AvgIpc) is 3.44. The van der Waals surface area contributed by atoms with Gasteiger partial charge in [0.15, 0.2) is 5.96 Å². The Morgan fingerprint density at radius 3 is 2.66 bits per heavy atom. The van der Waals surface area contributed by atoms with E-state index in [9.17, 15) is 4.79 Å². The maximum Gasteiger partial charge on any atom is 0.225 e. The van der Waals surface area contributed by atoms with Gasteiger partial charge in [-0.25, -0.2) is 0 Å². The van der Waals surface area contributed by atoms with Crippen molar-refractivity contribution in [1.82, 2.24) is 20.4 Å². The Kier molecular flexibility index (Phi) is 7.58. The largest absolute Gasteiger partial charge is 0.465 e. The molecule has 1 aromatic rings. The van der Waals surface area contributed by atoms with E-state index in [1.807, 2.05) is 31.7 Å². The van der Waals surface area contributed by atoms with Gasteiger partial charge in [-0.15, -0.1) is 0 Å². The van der Waals surface area contributed by atoms with Crippen molar-refractivity contribution >= 4 is 11.9 Å². The summed E-state index contributed by atoms with van der Waals surface area (Å²) in [6, 6.07) is 4.53. The van der Waals surface area contributed by atoms with E-state index in [2.05, 4.69) is 28.5 Å². The third-order valence-electron chi connectivity index (χ3n) is 5.77. The summed E-state index contributed by atoms with van der Waals surface area (Å²) < 4.78 is 5.95. The molecule has 0 bridgehead atoms. The van der Waals surface area contributed by atoms with Crippen molar-refractivity contribution in [3.05, 3.63) is 23.7 Å². The first-order valence-corrected chi connectivity index (χ1v) is 11.1. The normalized spacial score (nSPS) is 21.8. The predicted octanol–water partition coefficient (Wildman–Crippen LogP) is 2.54. The molecular formula is C22H37N5O2. The number of aliphatic imine (C=N–C) groups is 1. The second-order valence-electron chi connectivity index (χ2n) is 8.50. The van der Waals surface area contributed by atoms with Crippen molar-refractivity contribution < 1.29 is 9.21 Å². The molecule has 2 atom stereocenters. The molecule has 2 saturated heterocycles. The van der Waals surface area contributed by atoms with Crippen LogP contribution in [-0.4, -0.2) is 67.0 Å². The molecule has 3 rings (SSSR count). The quantitative estimate of drug-likeness (QED) is 0.541. The summed E-state index contributed by atoms with van der Waals surface area (Å²) in [4.78, 5) is 21.6. The summed E-state index contributed by atoms with van der Waals surface area (Å²) in [5.74, 6) is 3.05. The van der Waals surface area contributed by atoms with Crippen molar-refractivity contribution in [3.8, 4) is 0 Å². The number of furan rings is 1. The van der Waals surface area contributed by atoms with Crippen molar-refractivity contribution in [2.45, 2.75) is 59.0 Å². The number of nitrogens with zero attached hydrogens (tertiary/aromatic N) is 3. The average molecular weight is 404 g/mol. The van der Waals surface area contributed by atoms with Crippen molar-refractivity contribution in [3.63, 3.8) is 0 Å². The number of hydrogen-bond donors (Lipinski definition) is 2. The zero-order chi connectivity index (χ0) is 20.8. The molecule has 0 spiro atoms. The van der Waals surface area contributed by atoms with Crippen LogP contribution in [0.2, 0.25) is 0 Å². The highest BCUT2D eigenvalue weighted by Gasteiger charge is 2.29. The fraction of sp³-hybridized carbons (Fsp3) is 0.727. The Morgan fingerprint density at radius 2 is 2.03 bits per heavy atom. The molecule has 2 aliphatic rings. The van der Waals surface area contributed by atoms with Crippen LogP contribution in [0.3, 0.4) is 0 Å². The number of aryl methyl sites for hydroxylation is 1. The topological polar surface area (TPSA) is 73.1 Å². The molecule has 29 heavy (non-hydrogen) atoms. The molecule has 7 nitrogen and oxygen atoms in total. The minimum atomic E-state index is 0.0497. The highest BCUT2D eigenvalue weighted by Crippen LogP contribution is 2.27. The molecule has 7 heteroatoms. The van der Waals surface area contributed by atoms with Gasteiger partial charge in [0.2, 0.25) is 5.91 Å². The van der Waals surface area contributed by atoms with Gasteiger partial charge in [-0.2, -0.15) is 0 Å².